The van der Waals surface area contributed by atoms with Crippen molar-refractivity contribution in [3.05, 3.63) is 52.8 Å². The van der Waals surface area contributed by atoms with E-state index in [2.05, 4.69) is 29.2 Å². The number of hydrogen-bond donors (Lipinski definition) is 1. The SMILES string of the molecule is C[C@H]1C[C@@H](Oc2cccc(NC(=O)c3ccc(F)cc3Cl)n2)CCN1C.Cl.Cl. The lowest BCUT2D eigenvalue weighted by Crippen LogP contribution is -2.42. The number of rotatable bonds is 4. The van der Waals surface area contributed by atoms with Gasteiger partial charge >= 0.3 is 0 Å². The predicted molar refractivity (Wildman–Crippen MR) is 114 cm³/mol. The molecule has 1 amide bonds. The summed E-state index contributed by atoms with van der Waals surface area (Å²) in [6, 6.07) is 9.29. The second kappa shape index (κ2) is 10.8. The van der Waals surface area contributed by atoms with Crippen LogP contribution in [0.5, 0.6) is 5.88 Å². The molecule has 28 heavy (non-hydrogen) atoms. The summed E-state index contributed by atoms with van der Waals surface area (Å²) in [6.07, 6.45) is 1.97. The van der Waals surface area contributed by atoms with Crippen LogP contribution in [0.25, 0.3) is 0 Å². The number of benzene rings is 1. The molecule has 0 spiro atoms. The highest BCUT2D eigenvalue weighted by Gasteiger charge is 2.24. The average molecular weight is 451 g/mol. The zero-order valence-corrected chi connectivity index (χ0v) is 17.9. The number of carbonyl (C=O) groups excluding carboxylic acids is 1. The van der Waals surface area contributed by atoms with E-state index in [0.29, 0.717) is 17.7 Å². The summed E-state index contributed by atoms with van der Waals surface area (Å²) in [5.74, 6) is -0.122. The number of pyridine rings is 1. The first kappa shape index (κ1) is 24.4. The minimum Gasteiger partial charge on any atom is -0.474 e. The second-order valence-electron chi connectivity index (χ2n) is 6.53. The van der Waals surface area contributed by atoms with E-state index in [1.165, 1.54) is 12.1 Å². The molecule has 1 aliphatic rings. The summed E-state index contributed by atoms with van der Waals surface area (Å²) in [6.45, 7) is 3.15. The van der Waals surface area contributed by atoms with E-state index in [-0.39, 0.29) is 41.5 Å². The van der Waals surface area contributed by atoms with Crippen LogP contribution in [0.4, 0.5) is 10.2 Å². The Bertz CT molecular complexity index is 810. The third-order valence-corrected chi connectivity index (χ3v) is 4.90. The Labute approximate surface area is 181 Å². The molecule has 0 aliphatic carbocycles. The Morgan fingerprint density at radius 3 is 2.75 bits per heavy atom. The van der Waals surface area contributed by atoms with Crippen molar-refractivity contribution in [2.24, 2.45) is 0 Å². The zero-order valence-electron chi connectivity index (χ0n) is 15.5. The van der Waals surface area contributed by atoms with Gasteiger partial charge in [-0.25, -0.2) is 4.39 Å². The van der Waals surface area contributed by atoms with Crippen molar-refractivity contribution in [3.63, 3.8) is 0 Å². The smallest absolute Gasteiger partial charge is 0.258 e. The van der Waals surface area contributed by atoms with Gasteiger partial charge in [0.1, 0.15) is 17.7 Å². The van der Waals surface area contributed by atoms with Crippen LogP contribution >= 0.6 is 36.4 Å². The zero-order chi connectivity index (χ0) is 18.7. The highest BCUT2D eigenvalue weighted by molar-refractivity contribution is 6.34. The van der Waals surface area contributed by atoms with Crippen molar-refractivity contribution in [1.29, 1.82) is 0 Å². The maximum absolute atomic E-state index is 13.1. The van der Waals surface area contributed by atoms with Gasteiger partial charge in [0.05, 0.1) is 10.6 Å². The van der Waals surface area contributed by atoms with E-state index in [1.54, 1.807) is 18.2 Å². The van der Waals surface area contributed by atoms with Gasteiger partial charge in [-0.1, -0.05) is 17.7 Å². The Morgan fingerprint density at radius 2 is 2.07 bits per heavy atom. The van der Waals surface area contributed by atoms with Crippen LogP contribution in [0.15, 0.2) is 36.4 Å². The first-order valence-electron chi connectivity index (χ1n) is 8.52. The average Bonchev–Trinajstić information content (AvgIpc) is 2.58. The van der Waals surface area contributed by atoms with Gasteiger partial charge in [0.2, 0.25) is 5.88 Å². The highest BCUT2D eigenvalue weighted by Crippen LogP contribution is 2.22. The lowest BCUT2D eigenvalue weighted by atomic mass is 10.0. The van der Waals surface area contributed by atoms with E-state index in [4.69, 9.17) is 16.3 Å². The largest absolute Gasteiger partial charge is 0.474 e. The normalized spacial score (nSPS) is 19.1. The van der Waals surface area contributed by atoms with Gasteiger partial charge in [0.15, 0.2) is 0 Å². The molecule has 1 aliphatic heterocycles. The fourth-order valence-electron chi connectivity index (χ4n) is 2.93. The molecule has 2 atom stereocenters. The lowest BCUT2D eigenvalue weighted by Gasteiger charge is -2.34. The molecule has 3 rings (SSSR count). The summed E-state index contributed by atoms with van der Waals surface area (Å²) in [5.41, 5.74) is 0.185. The monoisotopic (exact) mass is 449 g/mol. The van der Waals surface area contributed by atoms with Gasteiger partial charge in [-0.2, -0.15) is 4.98 Å². The third-order valence-electron chi connectivity index (χ3n) is 4.59. The molecule has 1 fully saturated rings. The molecule has 5 nitrogen and oxygen atoms in total. The number of amides is 1. The molecule has 0 bridgehead atoms. The Kier molecular flexibility index (Phi) is 9.44. The predicted octanol–water partition coefficient (Wildman–Crippen LogP) is 4.83. The van der Waals surface area contributed by atoms with Crippen LogP contribution in [0.3, 0.4) is 0 Å². The van der Waals surface area contributed by atoms with Crippen LogP contribution in [0.1, 0.15) is 30.1 Å². The molecule has 0 unspecified atom stereocenters. The minimum atomic E-state index is -0.493. The van der Waals surface area contributed by atoms with Crippen LogP contribution < -0.4 is 10.1 Å². The van der Waals surface area contributed by atoms with Crippen molar-refractivity contribution in [3.8, 4) is 5.88 Å². The summed E-state index contributed by atoms with van der Waals surface area (Å²) >= 11 is 5.93. The molecule has 1 N–H and O–H groups in total. The van der Waals surface area contributed by atoms with Gasteiger partial charge in [-0.3, -0.25) is 4.79 Å². The fourth-order valence-corrected chi connectivity index (χ4v) is 3.18. The van der Waals surface area contributed by atoms with Crippen LogP contribution in [0.2, 0.25) is 5.02 Å². The number of anilines is 1. The van der Waals surface area contributed by atoms with Gasteiger partial charge in [-0.15, -0.1) is 24.8 Å². The number of ether oxygens (including phenoxy) is 1. The topological polar surface area (TPSA) is 54.5 Å². The summed E-state index contributed by atoms with van der Waals surface area (Å²) in [7, 11) is 2.11. The molecule has 1 aromatic carbocycles. The van der Waals surface area contributed by atoms with Crippen molar-refractivity contribution >= 4 is 48.1 Å². The van der Waals surface area contributed by atoms with E-state index in [9.17, 15) is 9.18 Å². The van der Waals surface area contributed by atoms with Crippen molar-refractivity contribution in [1.82, 2.24) is 9.88 Å². The van der Waals surface area contributed by atoms with Crippen molar-refractivity contribution in [2.45, 2.75) is 31.9 Å². The van der Waals surface area contributed by atoms with E-state index in [0.717, 1.165) is 25.5 Å². The number of aromatic nitrogens is 1. The van der Waals surface area contributed by atoms with Gasteiger partial charge in [0, 0.05) is 18.7 Å². The van der Waals surface area contributed by atoms with E-state index < -0.39 is 11.7 Å². The summed E-state index contributed by atoms with van der Waals surface area (Å²) in [4.78, 5) is 19.0. The lowest BCUT2D eigenvalue weighted by molar-refractivity contribution is 0.0760. The Balaban J connectivity index is 0.00000196. The van der Waals surface area contributed by atoms with Gasteiger partial charge < -0.3 is 15.0 Å². The van der Waals surface area contributed by atoms with E-state index in [1.807, 2.05) is 0 Å². The van der Waals surface area contributed by atoms with E-state index >= 15 is 0 Å². The Morgan fingerprint density at radius 1 is 1.32 bits per heavy atom. The first-order chi connectivity index (χ1) is 12.4. The molecule has 154 valence electrons. The van der Waals surface area contributed by atoms with Gasteiger partial charge in [0.25, 0.3) is 5.91 Å². The maximum Gasteiger partial charge on any atom is 0.258 e. The second-order valence-corrected chi connectivity index (χ2v) is 6.94. The number of hydrogen-bond acceptors (Lipinski definition) is 4. The molecule has 9 heteroatoms. The van der Waals surface area contributed by atoms with Gasteiger partial charge in [-0.05, 0) is 51.1 Å². The highest BCUT2D eigenvalue weighted by atomic mass is 35.5. The third kappa shape index (κ3) is 6.21. The quantitative estimate of drug-likeness (QED) is 0.725. The molecule has 1 saturated heterocycles. The number of nitrogens with one attached hydrogen (secondary N) is 1. The molecule has 2 aromatic rings. The standard InChI is InChI=1S/C19H21ClFN3O2.2ClH/c1-12-10-14(8-9-24(12)2)26-18-5-3-4-17(22-18)23-19(25)15-7-6-13(21)11-16(15)20;;/h3-7,11-12,14H,8-10H2,1-2H3,(H,22,23,25);2*1H/t12-,14-;;/m0../s1. The Hall–Kier alpha value is -1.60. The van der Waals surface area contributed by atoms with Crippen molar-refractivity contribution < 1.29 is 13.9 Å². The number of halogens is 4. The fraction of sp³-hybridized carbons (Fsp3) is 0.368. The number of carbonyl (C=O) groups is 1. The molecule has 0 saturated carbocycles. The molecular formula is C19H23Cl3FN3O2. The van der Waals surface area contributed by atoms with Crippen LogP contribution in [-0.4, -0.2) is 41.5 Å². The molecule has 1 aromatic heterocycles. The number of nitrogens with zero attached hydrogens (tertiary/aromatic N) is 2. The minimum absolute atomic E-state index is 0. The first-order valence-corrected chi connectivity index (χ1v) is 8.90. The maximum atomic E-state index is 13.1. The van der Waals surface area contributed by atoms with Crippen LogP contribution in [0, 0.1) is 5.82 Å². The molecule has 2 heterocycles. The molecule has 0 radical (unpaired) electrons. The number of piperidine rings is 1. The summed E-state index contributed by atoms with van der Waals surface area (Å²) in [5, 5.41) is 2.72. The van der Waals surface area contributed by atoms with Crippen molar-refractivity contribution in [2.75, 3.05) is 18.9 Å². The van der Waals surface area contributed by atoms with Crippen LogP contribution in [-0.2, 0) is 0 Å². The number of likely N-dealkylation sites (tertiary alicyclic amines) is 1. The summed E-state index contributed by atoms with van der Waals surface area (Å²) < 4.78 is 19.1. The molecular weight excluding hydrogens is 428 g/mol.